The fraction of sp³-hybridized carbons (Fsp3) is 0.222. The minimum atomic E-state index is -1.04. The summed E-state index contributed by atoms with van der Waals surface area (Å²) in [5, 5.41) is 20.2. The third kappa shape index (κ3) is 2.14. The molecule has 0 fully saturated rings. The molecule has 0 bridgehead atoms. The Morgan fingerprint density at radius 1 is 1.50 bits per heavy atom. The van der Waals surface area contributed by atoms with Gasteiger partial charge >= 0.3 is 5.97 Å². The Balaban J connectivity index is 3.02. The Kier molecular flexibility index (Phi) is 3.30. The van der Waals surface area contributed by atoms with Gasteiger partial charge in [-0.2, -0.15) is 0 Å². The maximum Gasteiger partial charge on any atom is 0.337 e. The van der Waals surface area contributed by atoms with Gasteiger partial charge in [-0.05, 0) is 12.1 Å². The molecule has 5 heteroatoms. The third-order valence-electron chi connectivity index (χ3n) is 1.74. The molecule has 0 radical (unpaired) electrons. The Labute approximate surface area is 81.2 Å². The lowest BCUT2D eigenvalue weighted by molar-refractivity contribution is 0.0698. The van der Waals surface area contributed by atoms with E-state index in [1.807, 2.05) is 0 Å². The first kappa shape index (κ1) is 10.3. The van der Waals surface area contributed by atoms with E-state index in [4.69, 9.17) is 15.9 Å². The van der Waals surface area contributed by atoms with E-state index in [0.717, 1.165) is 0 Å². The molecule has 0 saturated carbocycles. The van der Waals surface area contributed by atoms with Crippen LogP contribution in [0.15, 0.2) is 18.2 Å². The maximum atomic E-state index is 10.8. The molecule has 0 heterocycles. The molecule has 0 atom stereocenters. The molecule has 1 rings (SSSR count). The number of rotatable bonds is 4. The first-order valence-electron chi connectivity index (χ1n) is 4.13. The molecule has 0 aliphatic rings. The van der Waals surface area contributed by atoms with E-state index in [2.05, 4.69) is 5.32 Å². The van der Waals surface area contributed by atoms with Gasteiger partial charge in [-0.15, -0.1) is 0 Å². The highest BCUT2D eigenvalue weighted by atomic mass is 16.4. The summed E-state index contributed by atoms with van der Waals surface area (Å²) in [4.78, 5) is 10.8. The van der Waals surface area contributed by atoms with E-state index in [1.165, 1.54) is 6.07 Å². The molecule has 0 aliphatic heterocycles. The van der Waals surface area contributed by atoms with Gasteiger partial charge in [0.25, 0.3) is 0 Å². The number of hydrogen-bond donors (Lipinski definition) is 4. The number of nitrogens with two attached hydrogens (primary N) is 1. The molecule has 5 nitrogen and oxygen atoms in total. The number of hydrogen-bond acceptors (Lipinski definition) is 4. The summed E-state index contributed by atoms with van der Waals surface area (Å²) >= 11 is 0. The summed E-state index contributed by atoms with van der Waals surface area (Å²) in [6, 6.07) is 4.63. The highest BCUT2D eigenvalue weighted by Gasteiger charge is 2.11. The van der Waals surface area contributed by atoms with Crippen molar-refractivity contribution in [3.05, 3.63) is 23.8 Å². The lowest BCUT2D eigenvalue weighted by atomic mass is 10.1. The quantitative estimate of drug-likeness (QED) is 0.522. The molecular weight excluding hydrogens is 184 g/mol. The molecule has 0 amide bonds. The summed E-state index contributed by atoms with van der Waals surface area (Å²) in [5.74, 6) is -1.04. The molecule has 1 aromatic rings. The van der Waals surface area contributed by atoms with Gasteiger partial charge in [0.2, 0.25) is 0 Å². The van der Waals surface area contributed by atoms with Gasteiger partial charge < -0.3 is 21.3 Å². The summed E-state index contributed by atoms with van der Waals surface area (Å²) in [6.07, 6.45) is 0. The molecule has 76 valence electrons. The van der Waals surface area contributed by atoms with Gasteiger partial charge in [-0.25, -0.2) is 4.79 Å². The van der Waals surface area contributed by atoms with Gasteiger partial charge in [0.15, 0.2) is 0 Å². The van der Waals surface area contributed by atoms with Gasteiger partial charge in [-0.3, -0.25) is 0 Å². The Morgan fingerprint density at radius 3 is 2.79 bits per heavy atom. The van der Waals surface area contributed by atoms with Crippen molar-refractivity contribution < 1.29 is 15.0 Å². The lowest BCUT2D eigenvalue weighted by Gasteiger charge is -2.10. The molecule has 0 spiro atoms. The van der Waals surface area contributed by atoms with Crippen LogP contribution in [0.2, 0.25) is 0 Å². The van der Waals surface area contributed by atoms with Crippen LogP contribution in [-0.2, 0) is 0 Å². The number of aromatic carboxylic acids is 1. The Bertz CT molecular complexity index is 339. The van der Waals surface area contributed by atoms with E-state index >= 15 is 0 Å². The highest BCUT2D eigenvalue weighted by Crippen LogP contribution is 2.22. The number of aliphatic hydroxyl groups is 1. The number of carboxylic acid groups (broad SMARTS) is 1. The number of nitrogens with one attached hydrogen (secondary N) is 1. The molecular formula is C9H12N2O3. The van der Waals surface area contributed by atoms with Crippen LogP contribution >= 0.6 is 0 Å². The number of benzene rings is 1. The smallest absolute Gasteiger partial charge is 0.337 e. The first-order valence-corrected chi connectivity index (χ1v) is 4.13. The third-order valence-corrected chi connectivity index (χ3v) is 1.74. The summed E-state index contributed by atoms with van der Waals surface area (Å²) in [6.45, 7) is 0.196. The minimum absolute atomic E-state index is 0.0760. The summed E-state index contributed by atoms with van der Waals surface area (Å²) in [7, 11) is 0. The van der Waals surface area contributed by atoms with Gasteiger partial charge in [0, 0.05) is 6.54 Å². The second kappa shape index (κ2) is 4.48. The van der Waals surface area contributed by atoms with Crippen LogP contribution in [0.4, 0.5) is 11.4 Å². The van der Waals surface area contributed by atoms with Crippen LogP contribution in [0.1, 0.15) is 10.4 Å². The van der Waals surface area contributed by atoms with Crippen LogP contribution in [0.3, 0.4) is 0 Å². The van der Waals surface area contributed by atoms with Crippen LogP contribution in [-0.4, -0.2) is 29.3 Å². The predicted octanol–water partition coefficient (Wildman–Crippen LogP) is 0.371. The number of nitrogen functional groups attached to an aromatic ring is 1. The Morgan fingerprint density at radius 2 is 2.21 bits per heavy atom. The minimum Gasteiger partial charge on any atom is -0.478 e. The zero-order valence-corrected chi connectivity index (χ0v) is 7.53. The Hall–Kier alpha value is -1.75. The number of carbonyl (C=O) groups is 1. The molecule has 0 aliphatic carbocycles. The van der Waals surface area contributed by atoms with Crippen molar-refractivity contribution in [3.8, 4) is 0 Å². The number of carboxylic acids is 1. The van der Waals surface area contributed by atoms with Crippen molar-refractivity contribution in [1.29, 1.82) is 0 Å². The maximum absolute atomic E-state index is 10.8. The van der Waals surface area contributed by atoms with Crippen LogP contribution in [0.5, 0.6) is 0 Å². The summed E-state index contributed by atoms with van der Waals surface area (Å²) < 4.78 is 0. The molecule has 0 aromatic heterocycles. The van der Waals surface area contributed by atoms with Crippen molar-refractivity contribution in [2.45, 2.75) is 0 Å². The van der Waals surface area contributed by atoms with Crippen molar-refractivity contribution in [1.82, 2.24) is 0 Å². The van der Waals surface area contributed by atoms with E-state index in [-0.39, 0.29) is 18.7 Å². The fourth-order valence-electron chi connectivity index (χ4n) is 1.13. The number of para-hydroxylation sites is 1. The lowest BCUT2D eigenvalue weighted by Crippen LogP contribution is -2.12. The first-order chi connectivity index (χ1) is 6.66. The average Bonchev–Trinajstić information content (AvgIpc) is 2.15. The highest BCUT2D eigenvalue weighted by molar-refractivity contribution is 5.97. The largest absolute Gasteiger partial charge is 0.478 e. The second-order valence-electron chi connectivity index (χ2n) is 2.73. The molecule has 14 heavy (non-hydrogen) atoms. The zero-order chi connectivity index (χ0) is 10.6. The standard InChI is InChI=1S/C9H12N2O3/c10-7-3-1-2-6(9(13)14)8(7)11-4-5-12/h1-3,11-12H,4-5,10H2,(H,13,14). The van der Waals surface area contributed by atoms with E-state index < -0.39 is 5.97 Å². The van der Waals surface area contributed by atoms with Gasteiger partial charge in [0.05, 0.1) is 23.5 Å². The molecule has 0 saturated heterocycles. The predicted molar refractivity (Wildman–Crippen MR) is 53.4 cm³/mol. The fourth-order valence-corrected chi connectivity index (χ4v) is 1.13. The number of anilines is 2. The van der Waals surface area contributed by atoms with Crippen molar-refractivity contribution >= 4 is 17.3 Å². The van der Waals surface area contributed by atoms with Gasteiger partial charge in [0.1, 0.15) is 0 Å². The SMILES string of the molecule is Nc1cccc(C(=O)O)c1NCCO. The van der Waals surface area contributed by atoms with Crippen molar-refractivity contribution in [3.63, 3.8) is 0 Å². The van der Waals surface area contributed by atoms with E-state index in [1.54, 1.807) is 12.1 Å². The zero-order valence-electron chi connectivity index (χ0n) is 7.53. The van der Waals surface area contributed by atoms with Crippen molar-refractivity contribution in [2.75, 3.05) is 24.2 Å². The van der Waals surface area contributed by atoms with Crippen LogP contribution in [0.25, 0.3) is 0 Å². The second-order valence-corrected chi connectivity index (χ2v) is 2.73. The van der Waals surface area contributed by atoms with Crippen LogP contribution in [0, 0.1) is 0 Å². The van der Waals surface area contributed by atoms with E-state index in [0.29, 0.717) is 11.4 Å². The monoisotopic (exact) mass is 196 g/mol. The average molecular weight is 196 g/mol. The van der Waals surface area contributed by atoms with Crippen LogP contribution < -0.4 is 11.1 Å². The van der Waals surface area contributed by atoms with Gasteiger partial charge in [-0.1, -0.05) is 6.07 Å². The topological polar surface area (TPSA) is 95.6 Å². The molecule has 1 aromatic carbocycles. The summed E-state index contributed by atoms with van der Waals surface area (Å²) in [5.41, 5.74) is 6.42. The number of aliphatic hydroxyl groups excluding tert-OH is 1. The molecule has 5 N–H and O–H groups in total. The normalized spacial score (nSPS) is 9.79. The molecule has 0 unspecified atom stereocenters. The van der Waals surface area contributed by atoms with Crippen molar-refractivity contribution in [2.24, 2.45) is 0 Å². The van der Waals surface area contributed by atoms with E-state index in [9.17, 15) is 4.79 Å².